The summed E-state index contributed by atoms with van der Waals surface area (Å²) in [6.45, 7) is 1.24. The van der Waals surface area contributed by atoms with Crippen LogP contribution in [0, 0.1) is 0 Å². The molecule has 0 aliphatic heterocycles. The number of primary amides is 1. The second-order valence-electron chi connectivity index (χ2n) is 9.18. The first-order valence-electron chi connectivity index (χ1n) is 12.4. The van der Waals surface area contributed by atoms with E-state index in [1.807, 2.05) is 30.3 Å². The Morgan fingerprint density at radius 3 is 1.77 bits per heavy atom. The lowest BCUT2D eigenvalue weighted by Crippen LogP contribution is -2.60. The molecule has 0 spiro atoms. The first kappa shape index (κ1) is 30.9. The van der Waals surface area contributed by atoms with Gasteiger partial charge in [0.15, 0.2) is 0 Å². The van der Waals surface area contributed by atoms with Gasteiger partial charge in [-0.1, -0.05) is 60.7 Å². The average Bonchev–Trinajstić information content (AvgIpc) is 2.89. The van der Waals surface area contributed by atoms with Gasteiger partial charge in [-0.05, 0) is 30.9 Å². The highest BCUT2D eigenvalue weighted by atomic mass is 16.4. The Kier molecular flexibility index (Phi) is 12.1. The summed E-state index contributed by atoms with van der Waals surface area (Å²) in [5.74, 6) is -4.53. The number of hydrogen-bond donors (Lipinski definition) is 7. The SMILES string of the molecule is CC(O)C(NC(=O)C(Cc1ccccc1)NC(=O)C(N)Cc1ccccc1)C(=O)NC(CCC(N)=O)C(=O)O. The Balaban J connectivity index is 2.17. The predicted molar refractivity (Wildman–Crippen MR) is 142 cm³/mol. The Morgan fingerprint density at radius 1 is 0.769 bits per heavy atom. The number of aliphatic hydroxyl groups is 1. The predicted octanol–water partition coefficient (Wildman–Crippen LogP) is -1.02. The number of nitrogens with one attached hydrogen (secondary N) is 3. The Hall–Kier alpha value is -4.29. The number of carbonyl (C=O) groups is 5. The van der Waals surface area contributed by atoms with Crippen LogP contribution in [0.5, 0.6) is 0 Å². The summed E-state index contributed by atoms with van der Waals surface area (Å²) in [6.07, 6.45) is -1.71. The van der Waals surface area contributed by atoms with E-state index in [0.717, 1.165) is 5.56 Å². The summed E-state index contributed by atoms with van der Waals surface area (Å²) in [4.78, 5) is 61.6. The molecule has 0 aliphatic rings. The van der Waals surface area contributed by atoms with Gasteiger partial charge in [-0.25, -0.2) is 4.79 Å². The molecule has 0 saturated carbocycles. The lowest BCUT2D eigenvalue weighted by atomic mass is 10.0. The van der Waals surface area contributed by atoms with E-state index >= 15 is 0 Å². The van der Waals surface area contributed by atoms with Crippen LogP contribution in [0.1, 0.15) is 30.9 Å². The molecule has 0 saturated heterocycles. The van der Waals surface area contributed by atoms with E-state index < -0.39 is 59.9 Å². The van der Waals surface area contributed by atoms with Crippen molar-refractivity contribution < 1.29 is 34.2 Å². The number of carboxylic acid groups (broad SMARTS) is 1. The molecule has 2 rings (SSSR count). The minimum atomic E-state index is -1.55. The number of carboxylic acids is 1. The number of hydrogen-bond acceptors (Lipinski definition) is 7. The van der Waals surface area contributed by atoms with E-state index in [4.69, 9.17) is 11.5 Å². The van der Waals surface area contributed by atoms with Gasteiger partial charge in [-0.15, -0.1) is 0 Å². The molecule has 0 heterocycles. The summed E-state index contributed by atoms with van der Waals surface area (Å²) >= 11 is 0. The van der Waals surface area contributed by atoms with Gasteiger partial charge in [0.05, 0.1) is 12.1 Å². The highest BCUT2D eigenvalue weighted by Crippen LogP contribution is 2.08. The molecule has 39 heavy (non-hydrogen) atoms. The third kappa shape index (κ3) is 10.5. The van der Waals surface area contributed by atoms with Crippen LogP contribution in [0.15, 0.2) is 60.7 Å². The molecule has 0 aromatic heterocycles. The smallest absolute Gasteiger partial charge is 0.326 e. The van der Waals surface area contributed by atoms with Gasteiger partial charge in [-0.2, -0.15) is 0 Å². The zero-order valence-corrected chi connectivity index (χ0v) is 21.6. The van der Waals surface area contributed by atoms with Crippen molar-refractivity contribution in [1.82, 2.24) is 16.0 Å². The monoisotopic (exact) mass is 541 g/mol. The topological polar surface area (TPSA) is 214 Å². The fourth-order valence-corrected chi connectivity index (χ4v) is 3.76. The molecule has 0 aliphatic carbocycles. The largest absolute Gasteiger partial charge is 0.480 e. The fraction of sp³-hybridized carbons (Fsp3) is 0.370. The van der Waals surface area contributed by atoms with E-state index in [-0.39, 0.29) is 25.7 Å². The normalized spacial score (nSPS) is 14.6. The van der Waals surface area contributed by atoms with E-state index in [2.05, 4.69) is 16.0 Å². The molecule has 12 heteroatoms. The quantitative estimate of drug-likeness (QED) is 0.148. The zero-order chi connectivity index (χ0) is 28.9. The summed E-state index contributed by atoms with van der Waals surface area (Å²) in [7, 11) is 0. The summed E-state index contributed by atoms with van der Waals surface area (Å²) in [5.41, 5.74) is 12.7. The number of amides is 4. The molecule has 12 nitrogen and oxygen atoms in total. The third-order valence-corrected chi connectivity index (χ3v) is 5.91. The molecule has 0 radical (unpaired) electrons. The molecular formula is C27H35N5O7. The second kappa shape index (κ2) is 15.2. The van der Waals surface area contributed by atoms with Crippen molar-refractivity contribution in [2.24, 2.45) is 11.5 Å². The van der Waals surface area contributed by atoms with E-state index in [0.29, 0.717) is 5.56 Å². The Labute approximate surface area is 226 Å². The lowest BCUT2D eigenvalue weighted by Gasteiger charge is -2.26. The minimum Gasteiger partial charge on any atom is -0.480 e. The maximum Gasteiger partial charge on any atom is 0.326 e. The van der Waals surface area contributed by atoms with Crippen LogP contribution >= 0.6 is 0 Å². The van der Waals surface area contributed by atoms with Crippen molar-refractivity contribution in [3.05, 3.63) is 71.8 Å². The number of aliphatic carboxylic acids is 1. The van der Waals surface area contributed by atoms with Crippen LogP contribution in [0.4, 0.5) is 0 Å². The van der Waals surface area contributed by atoms with Crippen LogP contribution < -0.4 is 27.4 Å². The average molecular weight is 542 g/mol. The van der Waals surface area contributed by atoms with Gasteiger partial charge < -0.3 is 37.6 Å². The van der Waals surface area contributed by atoms with Crippen molar-refractivity contribution in [1.29, 1.82) is 0 Å². The standard InChI is InChI=1S/C27H35N5O7/c1-16(33)23(26(37)30-20(27(38)39)12-13-22(29)34)32-25(36)21(15-18-10-6-3-7-11-18)31-24(35)19(28)14-17-8-4-2-5-9-17/h2-11,16,19-21,23,33H,12-15,28H2,1H3,(H2,29,34)(H,30,37)(H,31,35)(H,32,36)(H,38,39). The van der Waals surface area contributed by atoms with Gasteiger partial charge in [0.1, 0.15) is 18.1 Å². The van der Waals surface area contributed by atoms with Crippen LogP contribution in [-0.4, -0.2) is 70.1 Å². The first-order chi connectivity index (χ1) is 18.5. The molecule has 5 atom stereocenters. The number of carbonyl (C=O) groups excluding carboxylic acids is 4. The molecule has 4 amide bonds. The molecule has 5 unspecified atom stereocenters. The van der Waals surface area contributed by atoms with Crippen molar-refractivity contribution in [3.63, 3.8) is 0 Å². The molecule has 2 aromatic carbocycles. The highest BCUT2D eigenvalue weighted by molar-refractivity contribution is 5.94. The molecule has 2 aromatic rings. The van der Waals surface area contributed by atoms with Gasteiger partial charge in [-0.3, -0.25) is 19.2 Å². The highest BCUT2D eigenvalue weighted by Gasteiger charge is 2.33. The Morgan fingerprint density at radius 2 is 1.28 bits per heavy atom. The minimum absolute atomic E-state index is 0.0565. The third-order valence-electron chi connectivity index (χ3n) is 5.91. The lowest BCUT2D eigenvalue weighted by molar-refractivity contribution is -0.143. The summed E-state index contributed by atoms with van der Waals surface area (Å²) in [6, 6.07) is 12.8. The van der Waals surface area contributed by atoms with Gasteiger partial charge in [0.25, 0.3) is 0 Å². The number of rotatable bonds is 15. The van der Waals surface area contributed by atoms with Crippen molar-refractivity contribution in [2.45, 2.75) is 62.9 Å². The maximum atomic E-state index is 13.3. The fourth-order valence-electron chi connectivity index (χ4n) is 3.76. The maximum absolute atomic E-state index is 13.3. The van der Waals surface area contributed by atoms with Crippen LogP contribution in [-0.2, 0) is 36.8 Å². The van der Waals surface area contributed by atoms with Crippen molar-refractivity contribution in [3.8, 4) is 0 Å². The van der Waals surface area contributed by atoms with Crippen LogP contribution in [0.2, 0.25) is 0 Å². The van der Waals surface area contributed by atoms with Gasteiger partial charge >= 0.3 is 5.97 Å². The van der Waals surface area contributed by atoms with E-state index in [1.54, 1.807) is 30.3 Å². The van der Waals surface area contributed by atoms with Crippen molar-refractivity contribution >= 4 is 29.6 Å². The number of aliphatic hydroxyl groups excluding tert-OH is 1. The van der Waals surface area contributed by atoms with Crippen LogP contribution in [0.25, 0.3) is 0 Å². The molecule has 9 N–H and O–H groups in total. The summed E-state index contributed by atoms with van der Waals surface area (Å²) in [5, 5.41) is 26.8. The summed E-state index contributed by atoms with van der Waals surface area (Å²) < 4.78 is 0. The Bertz CT molecular complexity index is 1130. The van der Waals surface area contributed by atoms with Crippen molar-refractivity contribution in [2.75, 3.05) is 0 Å². The van der Waals surface area contributed by atoms with Gasteiger partial charge in [0.2, 0.25) is 23.6 Å². The van der Waals surface area contributed by atoms with Crippen LogP contribution in [0.3, 0.4) is 0 Å². The molecule has 210 valence electrons. The zero-order valence-electron chi connectivity index (χ0n) is 21.6. The van der Waals surface area contributed by atoms with Gasteiger partial charge in [0, 0.05) is 12.8 Å². The number of nitrogens with two attached hydrogens (primary N) is 2. The van der Waals surface area contributed by atoms with E-state index in [9.17, 15) is 34.2 Å². The number of benzene rings is 2. The molecular weight excluding hydrogens is 506 g/mol. The second-order valence-corrected chi connectivity index (χ2v) is 9.18. The molecule has 0 bridgehead atoms. The first-order valence-corrected chi connectivity index (χ1v) is 12.4. The molecule has 0 fully saturated rings. The van der Waals surface area contributed by atoms with E-state index in [1.165, 1.54) is 6.92 Å².